The summed E-state index contributed by atoms with van der Waals surface area (Å²) < 4.78 is 5.62. The SMILES string of the molecule is C[C@H](NC(=O)C[C@@H]1CCC[C@H]1NC(=O)OCC1c2ccccc2-c2ccccc21)C(=O)O. The Bertz CT molecular complexity index is 975. The average Bonchev–Trinajstić information content (AvgIpc) is 3.34. The van der Waals surface area contributed by atoms with E-state index in [9.17, 15) is 14.4 Å². The zero-order valence-electron chi connectivity index (χ0n) is 18.0. The molecule has 168 valence electrons. The quantitative estimate of drug-likeness (QED) is 0.614. The number of benzene rings is 2. The lowest BCUT2D eigenvalue weighted by molar-refractivity contribution is -0.141. The van der Waals surface area contributed by atoms with Crippen molar-refractivity contribution in [2.75, 3.05) is 6.61 Å². The maximum Gasteiger partial charge on any atom is 0.407 e. The molecule has 2 amide bonds. The predicted octanol–water partition coefficient (Wildman–Crippen LogP) is 3.67. The summed E-state index contributed by atoms with van der Waals surface area (Å²) >= 11 is 0. The fraction of sp³-hybridized carbons (Fsp3) is 0.400. The van der Waals surface area contributed by atoms with Crippen molar-refractivity contribution in [1.29, 1.82) is 0 Å². The number of alkyl carbamates (subject to hydrolysis) is 1. The minimum atomic E-state index is -1.07. The molecule has 32 heavy (non-hydrogen) atoms. The minimum absolute atomic E-state index is 0.00388. The van der Waals surface area contributed by atoms with Crippen molar-refractivity contribution in [1.82, 2.24) is 10.6 Å². The Morgan fingerprint density at radius 1 is 1.03 bits per heavy atom. The fourth-order valence-electron chi connectivity index (χ4n) is 4.86. The van der Waals surface area contributed by atoms with Crippen LogP contribution in [0.15, 0.2) is 48.5 Å². The number of carboxylic acids is 1. The van der Waals surface area contributed by atoms with E-state index < -0.39 is 18.1 Å². The summed E-state index contributed by atoms with van der Waals surface area (Å²) in [6.45, 7) is 1.68. The molecule has 0 bridgehead atoms. The molecule has 0 saturated heterocycles. The van der Waals surface area contributed by atoms with Gasteiger partial charge in [-0.25, -0.2) is 4.79 Å². The molecule has 1 fully saturated rings. The van der Waals surface area contributed by atoms with Crippen molar-refractivity contribution in [2.45, 2.75) is 50.6 Å². The van der Waals surface area contributed by atoms with Crippen molar-refractivity contribution in [3.8, 4) is 11.1 Å². The molecule has 0 heterocycles. The molecular formula is C25H28N2O5. The molecule has 3 N–H and O–H groups in total. The molecule has 7 nitrogen and oxygen atoms in total. The minimum Gasteiger partial charge on any atom is -0.480 e. The van der Waals surface area contributed by atoms with E-state index in [1.165, 1.54) is 18.1 Å². The number of rotatable bonds is 7. The third kappa shape index (κ3) is 4.61. The average molecular weight is 437 g/mol. The lowest BCUT2D eigenvalue weighted by atomic mass is 9.98. The van der Waals surface area contributed by atoms with Crippen LogP contribution in [-0.2, 0) is 14.3 Å². The van der Waals surface area contributed by atoms with Gasteiger partial charge in [-0.1, -0.05) is 55.0 Å². The van der Waals surface area contributed by atoms with E-state index in [0.29, 0.717) is 0 Å². The maximum atomic E-state index is 12.6. The molecule has 2 aromatic rings. The van der Waals surface area contributed by atoms with Gasteiger partial charge in [0.15, 0.2) is 0 Å². The number of carbonyl (C=O) groups excluding carboxylic acids is 2. The summed E-state index contributed by atoms with van der Waals surface area (Å²) in [6.07, 6.45) is 2.19. The van der Waals surface area contributed by atoms with E-state index in [1.807, 2.05) is 24.3 Å². The summed E-state index contributed by atoms with van der Waals surface area (Å²) in [6, 6.07) is 15.3. The van der Waals surface area contributed by atoms with Gasteiger partial charge in [0.25, 0.3) is 0 Å². The molecule has 0 unspecified atom stereocenters. The largest absolute Gasteiger partial charge is 0.480 e. The van der Waals surface area contributed by atoms with E-state index in [2.05, 4.69) is 34.9 Å². The predicted molar refractivity (Wildman–Crippen MR) is 119 cm³/mol. The molecule has 0 aromatic heterocycles. The highest BCUT2D eigenvalue weighted by Gasteiger charge is 2.33. The number of hydrogen-bond acceptors (Lipinski definition) is 4. The van der Waals surface area contributed by atoms with Crippen molar-refractivity contribution < 1.29 is 24.2 Å². The topological polar surface area (TPSA) is 105 Å². The second-order valence-electron chi connectivity index (χ2n) is 8.60. The second kappa shape index (κ2) is 9.42. The standard InChI is InChI=1S/C25H28N2O5/c1-15(24(29)30)26-23(28)13-16-7-6-12-22(16)27-25(31)32-14-21-19-10-4-2-8-17(19)18-9-3-5-11-20(18)21/h2-5,8-11,15-16,21-22H,6-7,12-14H2,1H3,(H,26,28)(H,27,31)(H,29,30)/t15-,16-,22+/m0/s1. The van der Waals surface area contributed by atoms with E-state index in [1.54, 1.807) is 0 Å². The molecule has 4 rings (SSSR count). The van der Waals surface area contributed by atoms with Gasteiger partial charge in [0.2, 0.25) is 5.91 Å². The Hall–Kier alpha value is -3.35. The van der Waals surface area contributed by atoms with Crippen LogP contribution in [0.25, 0.3) is 11.1 Å². The summed E-state index contributed by atoms with van der Waals surface area (Å²) in [5.74, 6) is -1.42. The molecule has 0 radical (unpaired) electrons. The zero-order chi connectivity index (χ0) is 22.7. The molecular weight excluding hydrogens is 408 g/mol. The fourth-order valence-corrected chi connectivity index (χ4v) is 4.86. The van der Waals surface area contributed by atoms with Crippen molar-refractivity contribution in [2.24, 2.45) is 5.92 Å². The number of amides is 2. The molecule has 2 aliphatic carbocycles. The van der Waals surface area contributed by atoms with Crippen LogP contribution in [0.2, 0.25) is 0 Å². The third-order valence-electron chi connectivity index (χ3n) is 6.50. The number of nitrogens with one attached hydrogen (secondary N) is 2. The van der Waals surface area contributed by atoms with Gasteiger partial charge in [0.1, 0.15) is 12.6 Å². The van der Waals surface area contributed by atoms with E-state index in [0.717, 1.165) is 30.4 Å². The molecule has 2 aliphatic rings. The second-order valence-corrected chi connectivity index (χ2v) is 8.60. The van der Waals surface area contributed by atoms with Crippen LogP contribution < -0.4 is 10.6 Å². The molecule has 1 saturated carbocycles. The number of hydrogen-bond donors (Lipinski definition) is 3. The first-order valence-electron chi connectivity index (χ1n) is 11.1. The Morgan fingerprint density at radius 2 is 1.66 bits per heavy atom. The van der Waals surface area contributed by atoms with Crippen molar-refractivity contribution in [3.63, 3.8) is 0 Å². The monoisotopic (exact) mass is 436 g/mol. The smallest absolute Gasteiger partial charge is 0.407 e. The first-order chi connectivity index (χ1) is 15.4. The Labute approximate surface area is 187 Å². The van der Waals surface area contributed by atoms with Crippen LogP contribution >= 0.6 is 0 Å². The maximum absolute atomic E-state index is 12.6. The number of ether oxygens (including phenoxy) is 1. The molecule has 3 atom stereocenters. The van der Waals surface area contributed by atoms with Crippen molar-refractivity contribution in [3.05, 3.63) is 59.7 Å². The number of carboxylic acid groups (broad SMARTS) is 1. The van der Waals surface area contributed by atoms with Gasteiger partial charge in [0.05, 0.1) is 0 Å². The number of aliphatic carboxylic acids is 1. The first-order valence-corrected chi connectivity index (χ1v) is 11.1. The number of fused-ring (bicyclic) bond motifs is 3. The highest BCUT2D eigenvalue weighted by atomic mass is 16.5. The van der Waals surface area contributed by atoms with Gasteiger partial charge in [-0.15, -0.1) is 0 Å². The van der Waals surface area contributed by atoms with Gasteiger partial charge in [0, 0.05) is 18.4 Å². The Morgan fingerprint density at radius 3 is 2.28 bits per heavy atom. The van der Waals surface area contributed by atoms with Crippen LogP contribution in [0, 0.1) is 5.92 Å². The summed E-state index contributed by atoms with van der Waals surface area (Å²) in [5.41, 5.74) is 4.66. The highest BCUT2D eigenvalue weighted by Crippen LogP contribution is 2.44. The third-order valence-corrected chi connectivity index (χ3v) is 6.50. The van der Waals surface area contributed by atoms with Crippen LogP contribution in [0.5, 0.6) is 0 Å². The van der Waals surface area contributed by atoms with Gasteiger partial charge < -0.3 is 20.5 Å². The van der Waals surface area contributed by atoms with Crippen LogP contribution in [-0.4, -0.2) is 41.8 Å². The zero-order valence-corrected chi connectivity index (χ0v) is 18.0. The van der Waals surface area contributed by atoms with Crippen LogP contribution in [0.3, 0.4) is 0 Å². The normalized spacial score (nSPS) is 20.2. The van der Waals surface area contributed by atoms with Gasteiger partial charge in [-0.3, -0.25) is 9.59 Å². The Balaban J connectivity index is 1.33. The summed E-state index contributed by atoms with van der Waals surface area (Å²) in [5, 5.41) is 14.3. The first kappa shape index (κ1) is 21.9. The molecule has 7 heteroatoms. The highest BCUT2D eigenvalue weighted by molar-refractivity contribution is 5.83. The van der Waals surface area contributed by atoms with Gasteiger partial charge in [-0.2, -0.15) is 0 Å². The lowest BCUT2D eigenvalue weighted by Gasteiger charge is -2.22. The van der Waals surface area contributed by atoms with Gasteiger partial charge >= 0.3 is 12.1 Å². The lowest BCUT2D eigenvalue weighted by Crippen LogP contribution is -2.42. The van der Waals surface area contributed by atoms with E-state index >= 15 is 0 Å². The van der Waals surface area contributed by atoms with Crippen LogP contribution in [0.1, 0.15) is 49.7 Å². The summed E-state index contributed by atoms with van der Waals surface area (Å²) in [4.78, 5) is 35.7. The van der Waals surface area contributed by atoms with Crippen LogP contribution in [0.4, 0.5) is 4.79 Å². The summed E-state index contributed by atoms with van der Waals surface area (Å²) in [7, 11) is 0. The van der Waals surface area contributed by atoms with Crippen molar-refractivity contribution >= 4 is 18.0 Å². The molecule has 0 aliphatic heterocycles. The van der Waals surface area contributed by atoms with E-state index in [-0.39, 0.29) is 36.8 Å². The number of carbonyl (C=O) groups is 3. The van der Waals surface area contributed by atoms with Gasteiger partial charge in [-0.05, 0) is 47.9 Å². The van der Waals surface area contributed by atoms with E-state index in [4.69, 9.17) is 9.84 Å². The Kier molecular flexibility index (Phi) is 6.44. The molecule has 0 spiro atoms. The molecule has 2 aromatic carbocycles.